The molecular formula is C11H13O3. The number of ether oxygens (including phenoxy) is 1. The highest BCUT2D eigenvalue weighted by Crippen LogP contribution is 2.01. The molecule has 1 aromatic rings. The summed E-state index contributed by atoms with van der Waals surface area (Å²) >= 11 is 0. The molecule has 0 aliphatic rings. The Morgan fingerprint density at radius 1 is 1.14 bits per heavy atom. The van der Waals surface area contributed by atoms with Crippen LogP contribution >= 0.6 is 0 Å². The molecule has 75 valence electrons. The zero-order valence-electron chi connectivity index (χ0n) is 7.94. The number of rotatable bonds is 5. The van der Waals surface area contributed by atoms with E-state index >= 15 is 0 Å². The molecule has 14 heavy (non-hydrogen) atoms. The molecule has 1 aromatic carbocycles. The van der Waals surface area contributed by atoms with Gasteiger partial charge in [-0.15, -0.1) is 0 Å². The Bertz CT molecular complexity index is 269. The Balaban J connectivity index is 2.29. The van der Waals surface area contributed by atoms with Crippen LogP contribution in [0, 0.1) is 0 Å². The Kier molecular flexibility index (Phi) is 4.72. The third-order valence-corrected chi connectivity index (χ3v) is 1.78. The fourth-order valence-corrected chi connectivity index (χ4v) is 1.03. The minimum absolute atomic E-state index is 0.108. The van der Waals surface area contributed by atoms with Gasteiger partial charge >= 0.3 is 5.97 Å². The quantitative estimate of drug-likeness (QED) is 0.530. The van der Waals surface area contributed by atoms with Gasteiger partial charge in [-0.3, -0.25) is 0 Å². The van der Waals surface area contributed by atoms with Gasteiger partial charge in [0.05, 0.1) is 18.8 Å². The highest BCUT2D eigenvalue weighted by molar-refractivity contribution is 5.89. The molecule has 0 spiro atoms. The molecule has 0 aromatic heterocycles. The van der Waals surface area contributed by atoms with E-state index in [9.17, 15) is 9.90 Å². The Morgan fingerprint density at radius 2 is 1.86 bits per heavy atom. The van der Waals surface area contributed by atoms with Crippen molar-refractivity contribution in [2.75, 3.05) is 13.2 Å². The van der Waals surface area contributed by atoms with Crippen LogP contribution in [-0.4, -0.2) is 19.2 Å². The van der Waals surface area contributed by atoms with Crippen LogP contribution in [0.5, 0.6) is 0 Å². The summed E-state index contributed by atoms with van der Waals surface area (Å²) in [5.41, 5.74) is 0.551. The van der Waals surface area contributed by atoms with Crippen LogP contribution in [-0.2, 0) is 9.84 Å². The predicted octanol–water partition coefficient (Wildman–Crippen LogP) is 2.05. The SMILES string of the molecule is [O]CCCCOC(=O)c1ccccc1. The molecule has 0 unspecified atom stereocenters. The third kappa shape index (κ3) is 3.58. The molecule has 0 saturated heterocycles. The molecule has 1 rings (SSSR count). The first-order valence-corrected chi connectivity index (χ1v) is 4.65. The molecule has 0 aliphatic heterocycles. The van der Waals surface area contributed by atoms with Gasteiger partial charge < -0.3 is 4.74 Å². The summed E-state index contributed by atoms with van der Waals surface area (Å²) in [5, 5.41) is 10.1. The van der Waals surface area contributed by atoms with Crippen molar-refractivity contribution in [2.24, 2.45) is 0 Å². The number of esters is 1. The molecule has 0 amide bonds. The van der Waals surface area contributed by atoms with Crippen molar-refractivity contribution in [3.63, 3.8) is 0 Å². The zero-order valence-corrected chi connectivity index (χ0v) is 7.94. The van der Waals surface area contributed by atoms with Crippen molar-refractivity contribution in [3.8, 4) is 0 Å². The number of carbonyl (C=O) groups excluding carboxylic acids is 1. The minimum Gasteiger partial charge on any atom is -0.462 e. The standard InChI is InChI=1S/C11H13O3/c12-8-4-5-9-14-11(13)10-6-2-1-3-7-10/h1-3,6-7H,4-5,8-9H2. The summed E-state index contributed by atoms with van der Waals surface area (Å²) in [4.78, 5) is 11.3. The largest absolute Gasteiger partial charge is 0.462 e. The van der Waals surface area contributed by atoms with Gasteiger partial charge in [0.1, 0.15) is 0 Å². The second kappa shape index (κ2) is 6.16. The molecule has 0 saturated carbocycles. The van der Waals surface area contributed by atoms with Crippen LogP contribution in [0.15, 0.2) is 30.3 Å². The number of hydrogen-bond acceptors (Lipinski definition) is 2. The van der Waals surface area contributed by atoms with E-state index < -0.39 is 0 Å². The van der Waals surface area contributed by atoms with E-state index in [1.807, 2.05) is 6.07 Å². The summed E-state index contributed by atoms with van der Waals surface area (Å²) in [7, 11) is 0. The van der Waals surface area contributed by atoms with Crippen molar-refractivity contribution in [1.82, 2.24) is 0 Å². The number of hydrogen-bond donors (Lipinski definition) is 0. The van der Waals surface area contributed by atoms with Crippen molar-refractivity contribution in [1.29, 1.82) is 0 Å². The maximum absolute atomic E-state index is 11.3. The molecule has 3 heteroatoms. The van der Waals surface area contributed by atoms with E-state index in [4.69, 9.17) is 4.74 Å². The van der Waals surface area contributed by atoms with E-state index in [0.29, 0.717) is 25.0 Å². The molecule has 0 N–H and O–H groups in total. The minimum atomic E-state index is -0.323. The highest BCUT2D eigenvalue weighted by atomic mass is 16.5. The highest BCUT2D eigenvalue weighted by Gasteiger charge is 2.04. The van der Waals surface area contributed by atoms with Gasteiger partial charge in [-0.2, -0.15) is 0 Å². The van der Waals surface area contributed by atoms with Crippen molar-refractivity contribution < 1.29 is 14.6 Å². The van der Waals surface area contributed by atoms with Crippen LogP contribution in [0.1, 0.15) is 23.2 Å². The summed E-state index contributed by atoms with van der Waals surface area (Å²) < 4.78 is 4.95. The molecule has 0 heterocycles. The first-order valence-electron chi connectivity index (χ1n) is 4.65. The van der Waals surface area contributed by atoms with Crippen LogP contribution in [0.25, 0.3) is 0 Å². The average Bonchev–Trinajstić information content (AvgIpc) is 2.25. The van der Waals surface area contributed by atoms with Gasteiger partial charge in [0.25, 0.3) is 0 Å². The van der Waals surface area contributed by atoms with Crippen LogP contribution in [0.2, 0.25) is 0 Å². The Labute approximate surface area is 83.3 Å². The fraction of sp³-hybridized carbons (Fsp3) is 0.364. The van der Waals surface area contributed by atoms with Gasteiger partial charge in [0.2, 0.25) is 0 Å². The second-order valence-corrected chi connectivity index (χ2v) is 2.91. The Hall–Kier alpha value is -1.35. The molecule has 3 nitrogen and oxygen atoms in total. The predicted molar refractivity (Wildman–Crippen MR) is 51.5 cm³/mol. The van der Waals surface area contributed by atoms with Gasteiger partial charge in [0.15, 0.2) is 0 Å². The van der Waals surface area contributed by atoms with Crippen molar-refractivity contribution in [2.45, 2.75) is 12.8 Å². The molecular weight excluding hydrogens is 180 g/mol. The van der Waals surface area contributed by atoms with E-state index in [-0.39, 0.29) is 12.6 Å². The normalized spacial score (nSPS) is 9.79. The monoisotopic (exact) mass is 193 g/mol. The number of benzene rings is 1. The van der Waals surface area contributed by atoms with Crippen molar-refractivity contribution in [3.05, 3.63) is 35.9 Å². The van der Waals surface area contributed by atoms with Crippen molar-refractivity contribution >= 4 is 5.97 Å². The Morgan fingerprint density at radius 3 is 2.50 bits per heavy atom. The summed E-state index contributed by atoms with van der Waals surface area (Å²) in [6.45, 7) is 0.221. The lowest BCUT2D eigenvalue weighted by molar-refractivity contribution is 0.0487. The lowest BCUT2D eigenvalue weighted by Crippen LogP contribution is -2.06. The summed E-state index contributed by atoms with van der Waals surface area (Å²) in [6, 6.07) is 8.82. The lowest BCUT2D eigenvalue weighted by Gasteiger charge is -2.02. The fourth-order valence-electron chi connectivity index (χ4n) is 1.03. The molecule has 0 atom stereocenters. The van der Waals surface area contributed by atoms with E-state index in [1.165, 1.54) is 0 Å². The average molecular weight is 193 g/mol. The van der Waals surface area contributed by atoms with Gasteiger partial charge in [-0.1, -0.05) is 18.2 Å². The van der Waals surface area contributed by atoms with E-state index in [0.717, 1.165) is 0 Å². The number of carbonyl (C=O) groups is 1. The summed E-state index contributed by atoms with van der Waals surface area (Å²) in [6.07, 6.45) is 1.20. The smallest absolute Gasteiger partial charge is 0.338 e. The van der Waals surface area contributed by atoms with Gasteiger partial charge in [-0.05, 0) is 25.0 Å². The molecule has 1 radical (unpaired) electrons. The maximum Gasteiger partial charge on any atom is 0.338 e. The zero-order chi connectivity index (χ0) is 10.2. The lowest BCUT2D eigenvalue weighted by atomic mass is 10.2. The van der Waals surface area contributed by atoms with E-state index in [1.54, 1.807) is 24.3 Å². The molecule has 0 aliphatic carbocycles. The number of unbranched alkanes of at least 4 members (excludes halogenated alkanes) is 1. The first-order chi connectivity index (χ1) is 6.84. The molecule has 0 bridgehead atoms. The van der Waals surface area contributed by atoms with Crippen LogP contribution < -0.4 is 0 Å². The van der Waals surface area contributed by atoms with Crippen LogP contribution in [0.4, 0.5) is 0 Å². The van der Waals surface area contributed by atoms with Crippen LogP contribution in [0.3, 0.4) is 0 Å². The first kappa shape index (κ1) is 10.7. The maximum atomic E-state index is 11.3. The van der Waals surface area contributed by atoms with E-state index in [2.05, 4.69) is 0 Å². The summed E-state index contributed by atoms with van der Waals surface area (Å²) in [5.74, 6) is -0.323. The molecule has 0 fully saturated rings. The second-order valence-electron chi connectivity index (χ2n) is 2.91. The third-order valence-electron chi connectivity index (χ3n) is 1.78. The van der Waals surface area contributed by atoms with Gasteiger partial charge in [-0.25, -0.2) is 9.90 Å². The topological polar surface area (TPSA) is 46.2 Å². The van der Waals surface area contributed by atoms with Gasteiger partial charge in [0, 0.05) is 0 Å².